The first-order valence-corrected chi connectivity index (χ1v) is 30.2. The van der Waals surface area contributed by atoms with Crippen molar-refractivity contribution >= 4 is 5.91 Å². The first kappa shape index (κ1) is 66.6. The molecule has 0 radical (unpaired) electrons. The summed E-state index contributed by atoms with van der Waals surface area (Å²) in [5, 5.41) is 64.9. The van der Waals surface area contributed by atoms with E-state index < -0.39 is 61.5 Å². The Kier molecular flexibility index (Phi) is 47.4. The van der Waals surface area contributed by atoms with Crippen LogP contribution in [0.5, 0.6) is 0 Å². The number of unbranched alkanes of at least 4 members (excludes halogenated alkanes) is 39. The molecule has 1 saturated heterocycles. The summed E-state index contributed by atoms with van der Waals surface area (Å²) in [6.07, 6.45) is 53.1. The number of aliphatic hydroxyl groups is 6. The zero-order valence-electron chi connectivity index (χ0n) is 45.7. The van der Waals surface area contributed by atoms with E-state index in [0.29, 0.717) is 12.8 Å². The Morgan fingerprint density at radius 2 is 0.843 bits per heavy atom. The molecule has 7 N–H and O–H groups in total. The van der Waals surface area contributed by atoms with Crippen molar-refractivity contribution in [2.24, 2.45) is 0 Å². The van der Waals surface area contributed by atoms with E-state index in [1.165, 1.54) is 225 Å². The van der Waals surface area contributed by atoms with Gasteiger partial charge in [0.05, 0.1) is 25.4 Å². The van der Waals surface area contributed by atoms with Crippen molar-refractivity contribution < 1.29 is 44.9 Å². The maximum atomic E-state index is 13.1. The number of aliphatic hydroxyl groups excluding tert-OH is 6. The molecule has 0 aliphatic carbocycles. The number of amides is 1. The lowest BCUT2D eigenvalue weighted by molar-refractivity contribution is -0.302. The molecule has 0 aromatic rings. The van der Waals surface area contributed by atoms with Gasteiger partial charge in [-0.25, -0.2) is 0 Å². The molecule has 1 aliphatic heterocycles. The molecule has 0 aromatic heterocycles. The largest absolute Gasteiger partial charge is 0.394 e. The van der Waals surface area contributed by atoms with Crippen LogP contribution >= 0.6 is 0 Å². The van der Waals surface area contributed by atoms with Gasteiger partial charge in [-0.3, -0.25) is 4.79 Å². The van der Waals surface area contributed by atoms with Crippen LogP contribution < -0.4 is 5.32 Å². The van der Waals surface area contributed by atoms with Gasteiger partial charge in [0.1, 0.15) is 30.5 Å². The molecule has 1 amide bonds. The van der Waals surface area contributed by atoms with Crippen LogP contribution in [0.15, 0.2) is 24.3 Å². The molecule has 1 aliphatic rings. The fraction of sp³-hybridized carbons (Fsp3) is 0.917. The van der Waals surface area contributed by atoms with Crippen LogP contribution in [0.3, 0.4) is 0 Å². The van der Waals surface area contributed by atoms with Gasteiger partial charge in [-0.2, -0.15) is 0 Å². The van der Waals surface area contributed by atoms with Crippen molar-refractivity contribution in [1.82, 2.24) is 5.32 Å². The van der Waals surface area contributed by atoms with E-state index in [9.17, 15) is 35.4 Å². The molecule has 0 aromatic carbocycles. The second-order valence-corrected chi connectivity index (χ2v) is 21.3. The number of hydrogen-bond acceptors (Lipinski definition) is 9. The molecule has 0 spiro atoms. The summed E-state index contributed by atoms with van der Waals surface area (Å²) >= 11 is 0. The van der Waals surface area contributed by atoms with E-state index in [-0.39, 0.29) is 6.61 Å². The van der Waals surface area contributed by atoms with Gasteiger partial charge >= 0.3 is 0 Å². The molecule has 1 rings (SSSR count). The summed E-state index contributed by atoms with van der Waals surface area (Å²) in [5.41, 5.74) is 0. The van der Waals surface area contributed by atoms with Crippen molar-refractivity contribution in [1.29, 1.82) is 0 Å². The SMILES string of the molecule is CCCCCCCCCC/C=C/CC/C=C/C(O)C(COC1OC(CO)C(O)C(O)C1O)NC(=O)C(O)CCCCCCCCCCCCCCCCCCCCCCCCCCCCCCCCC. The minimum atomic E-state index is -1.61. The van der Waals surface area contributed by atoms with Crippen LogP contribution in [0.4, 0.5) is 0 Å². The Bertz CT molecular complexity index is 1170. The first-order chi connectivity index (χ1) is 34.3. The van der Waals surface area contributed by atoms with E-state index >= 15 is 0 Å². The highest BCUT2D eigenvalue weighted by Gasteiger charge is 2.44. The number of rotatable bonds is 52. The highest BCUT2D eigenvalue weighted by molar-refractivity contribution is 5.80. The Hall–Kier alpha value is -1.37. The first-order valence-electron chi connectivity index (χ1n) is 30.2. The minimum absolute atomic E-state index is 0.308. The van der Waals surface area contributed by atoms with Gasteiger partial charge < -0.3 is 45.4 Å². The lowest BCUT2D eigenvalue weighted by Gasteiger charge is -2.40. The molecule has 0 bridgehead atoms. The third kappa shape index (κ3) is 38.2. The summed E-state index contributed by atoms with van der Waals surface area (Å²) in [6, 6.07) is -0.994. The third-order valence-electron chi connectivity index (χ3n) is 14.6. The minimum Gasteiger partial charge on any atom is -0.394 e. The molecular weight excluding hydrogens is 879 g/mol. The number of allylic oxidation sites excluding steroid dienone is 3. The number of ether oxygens (including phenoxy) is 2. The molecule has 414 valence electrons. The van der Waals surface area contributed by atoms with Gasteiger partial charge in [-0.05, 0) is 32.1 Å². The maximum Gasteiger partial charge on any atom is 0.249 e. The van der Waals surface area contributed by atoms with Crippen molar-refractivity contribution in [3.05, 3.63) is 24.3 Å². The van der Waals surface area contributed by atoms with Gasteiger partial charge in [-0.1, -0.05) is 282 Å². The number of hydrogen-bond donors (Lipinski definition) is 7. The number of nitrogens with one attached hydrogen (secondary N) is 1. The average molecular weight is 995 g/mol. The van der Waals surface area contributed by atoms with Crippen molar-refractivity contribution in [2.45, 2.75) is 339 Å². The second kappa shape index (κ2) is 49.8. The molecule has 8 unspecified atom stereocenters. The highest BCUT2D eigenvalue weighted by atomic mass is 16.7. The summed E-state index contributed by atoms with van der Waals surface area (Å²) in [6.45, 7) is 3.62. The fourth-order valence-corrected chi connectivity index (χ4v) is 9.77. The number of carbonyl (C=O) groups excluding carboxylic acids is 1. The zero-order valence-corrected chi connectivity index (χ0v) is 45.7. The topological polar surface area (TPSA) is 169 Å². The average Bonchev–Trinajstić information content (AvgIpc) is 3.36. The van der Waals surface area contributed by atoms with Gasteiger partial charge in [0.15, 0.2) is 6.29 Å². The van der Waals surface area contributed by atoms with Crippen molar-refractivity contribution in [3.63, 3.8) is 0 Å². The number of carbonyl (C=O) groups is 1. The highest BCUT2D eigenvalue weighted by Crippen LogP contribution is 2.23. The van der Waals surface area contributed by atoms with Crippen LogP contribution in [0.2, 0.25) is 0 Å². The van der Waals surface area contributed by atoms with E-state index in [4.69, 9.17) is 9.47 Å². The van der Waals surface area contributed by atoms with E-state index in [1.807, 2.05) is 6.08 Å². The predicted octanol–water partition coefficient (Wildman–Crippen LogP) is 13.9. The molecule has 8 atom stereocenters. The van der Waals surface area contributed by atoms with Crippen LogP contribution in [0, 0.1) is 0 Å². The van der Waals surface area contributed by atoms with Gasteiger partial charge in [-0.15, -0.1) is 0 Å². The van der Waals surface area contributed by atoms with Gasteiger partial charge in [0, 0.05) is 0 Å². The lowest BCUT2D eigenvalue weighted by Crippen LogP contribution is -2.60. The Morgan fingerprint density at radius 3 is 1.24 bits per heavy atom. The van der Waals surface area contributed by atoms with E-state index in [1.54, 1.807) is 6.08 Å². The molecule has 1 heterocycles. The van der Waals surface area contributed by atoms with Crippen LogP contribution in [0.25, 0.3) is 0 Å². The maximum absolute atomic E-state index is 13.1. The Labute approximate surface area is 431 Å². The Balaban J connectivity index is 2.16. The second-order valence-electron chi connectivity index (χ2n) is 21.3. The summed E-state index contributed by atoms with van der Waals surface area (Å²) in [7, 11) is 0. The normalized spacial score (nSPS) is 19.9. The standard InChI is InChI=1S/C60H115NO9/c1-3-5-7-9-11-13-15-17-19-20-21-22-23-24-25-26-27-28-29-30-31-32-33-34-35-37-39-41-43-45-47-49-54(64)59(68)61-52(51-69-60-58(67)57(66)56(65)55(50-62)70-60)53(63)48-46-44-42-40-38-36-18-16-14-12-10-8-6-4-2/h38,40,46,48,52-58,60,62-67H,3-37,39,41-45,47,49-51H2,1-2H3,(H,61,68)/b40-38+,48-46+. The molecular formula is C60H115NO9. The monoisotopic (exact) mass is 994 g/mol. The molecule has 70 heavy (non-hydrogen) atoms. The van der Waals surface area contributed by atoms with Crippen molar-refractivity contribution in [3.8, 4) is 0 Å². The summed E-state index contributed by atoms with van der Waals surface area (Å²) < 4.78 is 11.2. The molecule has 10 heteroatoms. The molecule has 10 nitrogen and oxygen atoms in total. The zero-order chi connectivity index (χ0) is 51.0. The van der Waals surface area contributed by atoms with Crippen LogP contribution in [0.1, 0.15) is 290 Å². The van der Waals surface area contributed by atoms with Gasteiger partial charge in [0.2, 0.25) is 5.91 Å². The van der Waals surface area contributed by atoms with Crippen LogP contribution in [-0.2, 0) is 14.3 Å². The van der Waals surface area contributed by atoms with Crippen molar-refractivity contribution in [2.75, 3.05) is 13.2 Å². The summed E-state index contributed by atoms with van der Waals surface area (Å²) in [5.74, 6) is -0.621. The van der Waals surface area contributed by atoms with E-state index in [0.717, 1.165) is 38.5 Å². The quantitative estimate of drug-likeness (QED) is 0.0232. The van der Waals surface area contributed by atoms with Gasteiger partial charge in [0.25, 0.3) is 0 Å². The fourth-order valence-electron chi connectivity index (χ4n) is 9.77. The smallest absolute Gasteiger partial charge is 0.249 e. The third-order valence-corrected chi connectivity index (χ3v) is 14.6. The van der Waals surface area contributed by atoms with Crippen LogP contribution in [-0.4, -0.2) is 98.7 Å². The predicted molar refractivity (Wildman–Crippen MR) is 292 cm³/mol. The Morgan fingerprint density at radius 1 is 0.486 bits per heavy atom. The van der Waals surface area contributed by atoms with E-state index in [2.05, 4.69) is 31.3 Å². The lowest BCUT2D eigenvalue weighted by atomic mass is 9.99. The summed E-state index contributed by atoms with van der Waals surface area (Å²) in [4.78, 5) is 13.1. The molecule has 0 saturated carbocycles. The molecule has 1 fully saturated rings.